The molecule has 0 atom stereocenters. The van der Waals surface area contributed by atoms with Crippen molar-refractivity contribution in [1.29, 1.82) is 0 Å². The van der Waals surface area contributed by atoms with E-state index in [1.165, 1.54) is 15.6 Å². The molecule has 0 spiro atoms. The van der Waals surface area contributed by atoms with Crippen LogP contribution >= 0.6 is 11.3 Å². The monoisotopic (exact) mass is 458 g/mol. The molecule has 4 rings (SSSR count). The Morgan fingerprint density at radius 3 is 2.32 bits per heavy atom. The highest BCUT2D eigenvalue weighted by atomic mass is 32.2. The fourth-order valence-corrected chi connectivity index (χ4v) is 6.07. The second-order valence-electron chi connectivity index (χ2n) is 6.90. The van der Waals surface area contributed by atoms with Crippen molar-refractivity contribution in [3.05, 3.63) is 66.2 Å². The zero-order chi connectivity index (χ0) is 21.8. The number of carbonyl (C=O) groups is 1. The number of morpholine rings is 1. The molecule has 3 aromatic rings. The molecule has 0 saturated carbocycles. The van der Waals surface area contributed by atoms with Gasteiger partial charge in [-0.2, -0.15) is 4.31 Å². The summed E-state index contributed by atoms with van der Waals surface area (Å²) in [4.78, 5) is 13.3. The quantitative estimate of drug-likeness (QED) is 0.609. The molecule has 0 radical (unpaired) electrons. The minimum Gasteiger partial charge on any atom is -0.497 e. The number of carbonyl (C=O) groups excluding carboxylic acids is 1. The van der Waals surface area contributed by atoms with Crippen LogP contribution in [-0.4, -0.2) is 52.0 Å². The zero-order valence-corrected chi connectivity index (χ0v) is 18.5. The standard InChI is InChI=1S/C22H22N2O5S2/c1-28-19-8-6-18(7-9-19)23-22(25)17-4-2-16(3-5-17)20-10-11-21(30-20)31(26,27)24-12-14-29-15-13-24/h2-11H,12-15H2,1H3,(H,23,25). The van der Waals surface area contributed by atoms with E-state index in [0.717, 1.165) is 10.4 Å². The summed E-state index contributed by atoms with van der Waals surface area (Å²) in [5.41, 5.74) is 2.04. The van der Waals surface area contributed by atoms with E-state index in [9.17, 15) is 13.2 Å². The van der Waals surface area contributed by atoms with Gasteiger partial charge in [-0.15, -0.1) is 11.3 Å². The van der Waals surface area contributed by atoms with E-state index in [1.807, 2.05) is 12.1 Å². The number of nitrogens with one attached hydrogen (secondary N) is 1. The van der Waals surface area contributed by atoms with Crippen LogP contribution in [-0.2, 0) is 14.8 Å². The molecule has 0 bridgehead atoms. The second-order valence-corrected chi connectivity index (χ2v) is 10.1. The fraction of sp³-hybridized carbons (Fsp3) is 0.227. The van der Waals surface area contributed by atoms with Crippen LogP contribution in [0.15, 0.2) is 64.9 Å². The molecule has 1 aromatic heterocycles. The van der Waals surface area contributed by atoms with Gasteiger partial charge in [-0.3, -0.25) is 4.79 Å². The van der Waals surface area contributed by atoms with E-state index in [2.05, 4.69) is 5.32 Å². The predicted octanol–water partition coefficient (Wildman–Crippen LogP) is 3.70. The molecule has 7 nitrogen and oxygen atoms in total. The summed E-state index contributed by atoms with van der Waals surface area (Å²) in [7, 11) is -1.92. The number of hydrogen-bond donors (Lipinski definition) is 1. The van der Waals surface area contributed by atoms with Crippen LogP contribution in [0.3, 0.4) is 0 Å². The van der Waals surface area contributed by atoms with E-state index in [4.69, 9.17) is 9.47 Å². The van der Waals surface area contributed by atoms with Gasteiger partial charge in [-0.25, -0.2) is 8.42 Å². The average molecular weight is 459 g/mol. The Balaban J connectivity index is 1.46. The first kappa shape index (κ1) is 21.5. The molecule has 1 fully saturated rings. The summed E-state index contributed by atoms with van der Waals surface area (Å²) in [5.74, 6) is 0.492. The maximum absolute atomic E-state index is 12.8. The molecule has 0 unspecified atom stereocenters. The summed E-state index contributed by atoms with van der Waals surface area (Å²) < 4.78 is 37.7. The second kappa shape index (κ2) is 9.19. The SMILES string of the molecule is COc1ccc(NC(=O)c2ccc(-c3ccc(S(=O)(=O)N4CCOCC4)s3)cc2)cc1. The molecule has 9 heteroatoms. The molecule has 1 amide bonds. The van der Waals surface area contributed by atoms with Crippen molar-refractivity contribution in [3.63, 3.8) is 0 Å². The van der Waals surface area contributed by atoms with Crippen molar-refractivity contribution < 1.29 is 22.7 Å². The Kier molecular flexibility index (Phi) is 6.38. The zero-order valence-electron chi connectivity index (χ0n) is 16.9. The summed E-state index contributed by atoms with van der Waals surface area (Å²) in [6.45, 7) is 1.57. The number of thiophene rings is 1. The molecule has 1 aliphatic rings. The Morgan fingerprint density at radius 1 is 1.00 bits per heavy atom. The number of nitrogens with zero attached hydrogens (tertiary/aromatic N) is 1. The number of anilines is 1. The molecule has 162 valence electrons. The first-order valence-corrected chi connectivity index (χ1v) is 12.0. The van der Waals surface area contributed by atoms with Crippen molar-refractivity contribution in [2.24, 2.45) is 0 Å². The van der Waals surface area contributed by atoms with Gasteiger partial charge in [0.1, 0.15) is 9.96 Å². The number of methoxy groups -OCH3 is 1. The van der Waals surface area contributed by atoms with Gasteiger partial charge in [0.15, 0.2) is 0 Å². The van der Waals surface area contributed by atoms with Crippen molar-refractivity contribution in [3.8, 4) is 16.2 Å². The maximum atomic E-state index is 12.8. The van der Waals surface area contributed by atoms with E-state index in [1.54, 1.807) is 55.6 Å². The van der Waals surface area contributed by atoms with Crippen molar-refractivity contribution in [2.45, 2.75) is 4.21 Å². The predicted molar refractivity (Wildman–Crippen MR) is 120 cm³/mol. The van der Waals surface area contributed by atoms with Gasteiger partial charge in [0.05, 0.1) is 20.3 Å². The normalized spacial score (nSPS) is 14.9. The summed E-state index contributed by atoms with van der Waals surface area (Å²) in [6.07, 6.45) is 0. The number of rotatable bonds is 6. The average Bonchev–Trinajstić information content (AvgIpc) is 3.31. The summed E-state index contributed by atoms with van der Waals surface area (Å²) >= 11 is 1.22. The third kappa shape index (κ3) is 4.80. The van der Waals surface area contributed by atoms with E-state index >= 15 is 0 Å². The Bertz CT molecular complexity index is 1150. The van der Waals surface area contributed by atoms with Gasteiger partial charge in [-0.1, -0.05) is 12.1 Å². The molecular formula is C22H22N2O5S2. The molecule has 1 N–H and O–H groups in total. The van der Waals surface area contributed by atoms with Crippen LogP contribution in [0.5, 0.6) is 5.75 Å². The Morgan fingerprint density at radius 2 is 1.68 bits per heavy atom. The third-order valence-electron chi connectivity index (χ3n) is 4.93. The minimum absolute atomic E-state index is 0.224. The van der Waals surface area contributed by atoms with Crippen LogP contribution < -0.4 is 10.1 Å². The van der Waals surface area contributed by atoms with Crippen LogP contribution in [0.4, 0.5) is 5.69 Å². The van der Waals surface area contributed by atoms with E-state index in [-0.39, 0.29) is 5.91 Å². The number of ether oxygens (including phenoxy) is 2. The van der Waals surface area contributed by atoms with Crippen molar-refractivity contribution >= 4 is 33.0 Å². The number of amides is 1. The molecular weight excluding hydrogens is 436 g/mol. The fourth-order valence-electron chi connectivity index (χ4n) is 3.19. The van der Waals surface area contributed by atoms with Crippen LogP contribution in [0.2, 0.25) is 0 Å². The van der Waals surface area contributed by atoms with Gasteiger partial charge in [0, 0.05) is 29.2 Å². The molecule has 0 aliphatic carbocycles. The van der Waals surface area contributed by atoms with Gasteiger partial charge < -0.3 is 14.8 Å². The number of benzene rings is 2. The molecule has 1 aliphatic heterocycles. The lowest BCUT2D eigenvalue weighted by atomic mass is 10.1. The number of sulfonamides is 1. The highest BCUT2D eigenvalue weighted by Gasteiger charge is 2.27. The van der Waals surface area contributed by atoms with Crippen LogP contribution in [0.1, 0.15) is 10.4 Å². The summed E-state index contributed by atoms with van der Waals surface area (Å²) in [5, 5.41) is 2.84. The lowest BCUT2D eigenvalue weighted by molar-refractivity contribution is 0.0731. The first-order valence-electron chi connectivity index (χ1n) is 9.71. The molecule has 2 heterocycles. The van der Waals surface area contributed by atoms with Gasteiger partial charge >= 0.3 is 0 Å². The maximum Gasteiger partial charge on any atom is 0.255 e. The van der Waals surface area contributed by atoms with Crippen molar-refractivity contribution in [2.75, 3.05) is 38.7 Å². The van der Waals surface area contributed by atoms with Crippen LogP contribution in [0, 0.1) is 0 Å². The first-order chi connectivity index (χ1) is 15.0. The molecule has 2 aromatic carbocycles. The topological polar surface area (TPSA) is 84.9 Å². The lowest BCUT2D eigenvalue weighted by Crippen LogP contribution is -2.40. The number of hydrogen-bond acceptors (Lipinski definition) is 6. The van der Waals surface area contributed by atoms with E-state index in [0.29, 0.717) is 47.5 Å². The highest BCUT2D eigenvalue weighted by Crippen LogP contribution is 2.32. The Hall–Kier alpha value is -2.72. The van der Waals surface area contributed by atoms with Crippen LogP contribution in [0.25, 0.3) is 10.4 Å². The molecule has 1 saturated heterocycles. The minimum atomic E-state index is -3.51. The highest BCUT2D eigenvalue weighted by molar-refractivity contribution is 7.91. The Labute approximate surface area is 185 Å². The van der Waals surface area contributed by atoms with Gasteiger partial charge in [-0.05, 0) is 54.1 Å². The van der Waals surface area contributed by atoms with E-state index < -0.39 is 10.0 Å². The third-order valence-corrected chi connectivity index (χ3v) is 8.43. The van der Waals surface area contributed by atoms with Crippen molar-refractivity contribution in [1.82, 2.24) is 4.31 Å². The molecule has 31 heavy (non-hydrogen) atoms. The smallest absolute Gasteiger partial charge is 0.255 e. The lowest BCUT2D eigenvalue weighted by Gasteiger charge is -2.25. The van der Waals surface area contributed by atoms with Gasteiger partial charge in [0.2, 0.25) is 0 Å². The summed E-state index contributed by atoms with van der Waals surface area (Å²) in [6, 6.07) is 17.6. The largest absolute Gasteiger partial charge is 0.497 e. The van der Waals surface area contributed by atoms with Gasteiger partial charge in [0.25, 0.3) is 15.9 Å².